The van der Waals surface area contributed by atoms with Gasteiger partial charge in [0.2, 0.25) is 0 Å². The van der Waals surface area contributed by atoms with Crippen LogP contribution in [0.5, 0.6) is 0 Å². The highest BCUT2D eigenvalue weighted by Gasteiger charge is 2.20. The van der Waals surface area contributed by atoms with Crippen LogP contribution in [0.3, 0.4) is 0 Å². The minimum Gasteiger partial charge on any atom is -0.453 e. The van der Waals surface area contributed by atoms with Gasteiger partial charge in [-0.2, -0.15) is 5.10 Å². The molecule has 0 saturated heterocycles. The fraction of sp³-hybridized carbons (Fsp3) is 0.462. The van der Waals surface area contributed by atoms with Gasteiger partial charge in [0.05, 0.1) is 21.9 Å². The highest BCUT2D eigenvalue weighted by Crippen LogP contribution is 2.28. The lowest BCUT2D eigenvalue weighted by atomic mass is 10.1. The van der Waals surface area contributed by atoms with Crippen molar-refractivity contribution in [1.82, 2.24) is 15.1 Å². The van der Waals surface area contributed by atoms with Gasteiger partial charge in [0, 0.05) is 13.5 Å². The van der Waals surface area contributed by atoms with Crippen LogP contribution in [-0.4, -0.2) is 16.3 Å². The Kier molecular flexibility index (Phi) is 4.86. The van der Waals surface area contributed by atoms with Crippen LogP contribution < -0.4 is 5.32 Å². The molecule has 0 spiro atoms. The van der Waals surface area contributed by atoms with E-state index in [9.17, 15) is 0 Å². The van der Waals surface area contributed by atoms with E-state index in [-0.39, 0.29) is 6.04 Å². The van der Waals surface area contributed by atoms with E-state index in [0.29, 0.717) is 0 Å². The predicted octanol–water partition coefficient (Wildman–Crippen LogP) is 3.74. The second-order valence-corrected chi connectivity index (χ2v) is 6.00. The molecule has 4 nitrogen and oxygen atoms in total. The zero-order valence-electron chi connectivity index (χ0n) is 11.2. The molecule has 0 amide bonds. The summed E-state index contributed by atoms with van der Waals surface area (Å²) in [6.07, 6.45) is 0.825. The maximum absolute atomic E-state index is 5.67. The molecule has 2 aromatic heterocycles. The van der Waals surface area contributed by atoms with Crippen LogP contribution >= 0.6 is 31.9 Å². The normalized spacial score (nSPS) is 12.9. The molecule has 0 aliphatic heterocycles. The average molecular weight is 391 g/mol. The lowest BCUT2D eigenvalue weighted by molar-refractivity contribution is 0.400. The van der Waals surface area contributed by atoms with E-state index in [1.807, 2.05) is 30.8 Å². The second kappa shape index (κ2) is 6.24. The van der Waals surface area contributed by atoms with Crippen molar-refractivity contribution >= 4 is 31.9 Å². The number of aromatic nitrogens is 2. The first-order valence-corrected chi connectivity index (χ1v) is 7.78. The van der Waals surface area contributed by atoms with E-state index in [2.05, 4.69) is 49.2 Å². The Labute approximate surface area is 129 Å². The maximum Gasteiger partial charge on any atom is 0.169 e. The first kappa shape index (κ1) is 14.8. The smallest absolute Gasteiger partial charge is 0.169 e. The highest BCUT2D eigenvalue weighted by atomic mass is 79.9. The summed E-state index contributed by atoms with van der Waals surface area (Å²) in [5.41, 5.74) is 2.17. The van der Waals surface area contributed by atoms with Crippen molar-refractivity contribution in [3.05, 3.63) is 38.4 Å². The number of nitrogens with zero attached hydrogens (tertiary/aromatic N) is 2. The van der Waals surface area contributed by atoms with Crippen molar-refractivity contribution in [3.8, 4) is 0 Å². The van der Waals surface area contributed by atoms with E-state index in [1.165, 1.54) is 0 Å². The van der Waals surface area contributed by atoms with E-state index >= 15 is 0 Å². The molecular weight excluding hydrogens is 374 g/mol. The fourth-order valence-corrected chi connectivity index (χ4v) is 2.95. The van der Waals surface area contributed by atoms with Gasteiger partial charge in [-0.1, -0.05) is 6.92 Å². The lowest BCUT2D eigenvalue weighted by Gasteiger charge is -2.16. The predicted molar refractivity (Wildman–Crippen MR) is 82.2 cm³/mol. The molecule has 6 heteroatoms. The van der Waals surface area contributed by atoms with E-state index in [0.717, 1.165) is 39.3 Å². The molecule has 19 heavy (non-hydrogen) atoms. The number of rotatable bonds is 5. The summed E-state index contributed by atoms with van der Waals surface area (Å²) in [7, 11) is 1.97. The van der Waals surface area contributed by atoms with E-state index in [1.54, 1.807) is 0 Å². The molecule has 2 heterocycles. The van der Waals surface area contributed by atoms with Crippen LogP contribution in [-0.2, 0) is 13.5 Å². The van der Waals surface area contributed by atoms with Gasteiger partial charge in [0.1, 0.15) is 5.76 Å². The fourth-order valence-electron chi connectivity index (χ4n) is 2.13. The standard InChI is InChI=1S/C13H17Br2N3O/c1-4-16-9(11-5-6-12(14)19-11)7-10-13(15)8(2)17-18(10)3/h5-6,9,16H,4,7H2,1-3H3. The topological polar surface area (TPSA) is 43.0 Å². The molecule has 2 rings (SSSR count). The van der Waals surface area contributed by atoms with Gasteiger partial charge in [-0.25, -0.2) is 0 Å². The van der Waals surface area contributed by atoms with Crippen LogP contribution in [0.15, 0.2) is 25.7 Å². The largest absolute Gasteiger partial charge is 0.453 e. The molecule has 0 aliphatic rings. The number of hydrogen-bond acceptors (Lipinski definition) is 3. The third-order valence-electron chi connectivity index (χ3n) is 3.05. The summed E-state index contributed by atoms with van der Waals surface area (Å²) in [6, 6.07) is 4.06. The molecular formula is C13H17Br2N3O. The Balaban J connectivity index is 2.26. The Morgan fingerprint density at radius 2 is 2.16 bits per heavy atom. The number of hydrogen-bond donors (Lipinski definition) is 1. The zero-order chi connectivity index (χ0) is 14.0. The van der Waals surface area contributed by atoms with Crippen LogP contribution in [0.1, 0.15) is 30.1 Å². The Hall–Kier alpha value is -0.590. The first-order chi connectivity index (χ1) is 9.02. The molecule has 1 atom stereocenters. The van der Waals surface area contributed by atoms with Crippen molar-refractivity contribution in [3.63, 3.8) is 0 Å². The Morgan fingerprint density at radius 1 is 1.42 bits per heavy atom. The summed E-state index contributed by atoms with van der Waals surface area (Å²) >= 11 is 6.96. The third kappa shape index (κ3) is 3.30. The molecule has 0 aliphatic carbocycles. The molecule has 1 unspecified atom stereocenters. The number of furan rings is 1. The summed E-state index contributed by atoms with van der Waals surface area (Å²) in [4.78, 5) is 0. The van der Waals surface area contributed by atoms with Gasteiger partial charge in [-0.15, -0.1) is 0 Å². The molecule has 1 N–H and O–H groups in total. The number of nitrogens with one attached hydrogen (secondary N) is 1. The van der Waals surface area contributed by atoms with Crippen molar-refractivity contribution in [1.29, 1.82) is 0 Å². The van der Waals surface area contributed by atoms with Gasteiger partial charge in [-0.3, -0.25) is 4.68 Å². The Morgan fingerprint density at radius 3 is 2.63 bits per heavy atom. The molecule has 0 aromatic carbocycles. The second-order valence-electron chi connectivity index (χ2n) is 4.43. The number of likely N-dealkylation sites (N-methyl/N-ethyl adjacent to an activating group) is 1. The number of halogens is 2. The van der Waals surface area contributed by atoms with Gasteiger partial charge >= 0.3 is 0 Å². The summed E-state index contributed by atoms with van der Waals surface area (Å²) in [5, 5.41) is 7.87. The summed E-state index contributed by atoms with van der Waals surface area (Å²) < 4.78 is 9.41. The quantitative estimate of drug-likeness (QED) is 0.845. The van der Waals surface area contributed by atoms with Crippen molar-refractivity contribution < 1.29 is 4.42 Å². The third-order valence-corrected chi connectivity index (χ3v) is 4.50. The molecule has 0 bridgehead atoms. The van der Waals surface area contributed by atoms with Crippen molar-refractivity contribution in [2.45, 2.75) is 26.3 Å². The van der Waals surface area contributed by atoms with Crippen LogP contribution in [0.25, 0.3) is 0 Å². The number of aryl methyl sites for hydroxylation is 2. The minimum absolute atomic E-state index is 0.141. The van der Waals surface area contributed by atoms with Gasteiger partial charge in [-0.05, 0) is 57.5 Å². The van der Waals surface area contributed by atoms with Gasteiger partial charge in [0.25, 0.3) is 0 Å². The van der Waals surface area contributed by atoms with Crippen LogP contribution in [0.4, 0.5) is 0 Å². The SMILES string of the molecule is CCNC(Cc1c(Br)c(C)nn1C)c1ccc(Br)o1. The molecule has 104 valence electrons. The molecule has 0 radical (unpaired) electrons. The molecule has 0 saturated carbocycles. The van der Waals surface area contributed by atoms with Gasteiger partial charge < -0.3 is 9.73 Å². The van der Waals surface area contributed by atoms with E-state index < -0.39 is 0 Å². The highest BCUT2D eigenvalue weighted by molar-refractivity contribution is 9.10. The monoisotopic (exact) mass is 389 g/mol. The summed E-state index contributed by atoms with van der Waals surface area (Å²) in [5.74, 6) is 0.930. The summed E-state index contributed by atoms with van der Waals surface area (Å²) in [6.45, 7) is 4.98. The zero-order valence-corrected chi connectivity index (χ0v) is 14.4. The molecule has 0 fully saturated rings. The maximum atomic E-state index is 5.67. The molecule has 2 aromatic rings. The van der Waals surface area contributed by atoms with Gasteiger partial charge in [0.15, 0.2) is 4.67 Å². The first-order valence-electron chi connectivity index (χ1n) is 6.19. The van der Waals surface area contributed by atoms with Crippen molar-refractivity contribution in [2.75, 3.05) is 6.54 Å². The Bertz CT molecular complexity index is 562. The average Bonchev–Trinajstić information content (AvgIpc) is 2.88. The van der Waals surface area contributed by atoms with Crippen LogP contribution in [0.2, 0.25) is 0 Å². The van der Waals surface area contributed by atoms with Crippen molar-refractivity contribution in [2.24, 2.45) is 7.05 Å². The van der Waals surface area contributed by atoms with Crippen LogP contribution in [0, 0.1) is 6.92 Å². The minimum atomic E-state index is 0.141. The van der Waals surface area contributed by atoms with E-state index in [4.69, 9.17) is 4.42 Å². The lowest BCUT2D eigenvalue weighted by Crippen LogP contribution is -2.23.